The Morgan fingerprint density at radius 2 is 0.735 bits per heavy atom. The van der Waals surface area contributed by atoms with E-state index in [0.717, 1.165) is 12.8 Å². The lowest BCUT2D eigenvalue weighted by Crippen LogP contribution is -2.29. The molecule has 0 atom stereocenters. The fourth-order valence-corrected chi connectivity index (χ4v) is 3.93. The molecule has 2 aromatic rings. The Hall–Kier alpha value is -1.59. The SMILES string of the molecule is CCCCCCCCc1ccc(B(O)O)cc1.CCCCCCCCc1ccc(B(O)O)cc1. The summed E-state index contributed by atoms with van der Waals surface area (Å²) in [6.45, 7) is 4.47. The standard InChI is InChI=1S/2C14H23BO2/c2*1-2-3-4-5-6-7-8-13-9-11-14(12-10-13)15(16)17/h2*9-12,16-17H,2-8H2,1H3. The first kappa shape index (κ1) is 30.4. The molecule has 0 spiro atoms. The normalized spacial score (nSPS) is 10.5. The van der Waals surface area contributed by atoms with Gasteiger partial charge in [-0.1, -0.05) is 127 Å². The quantitative estimate of drug-likeness (QED) is 0.216. The van der Waals surface area contributed by atoms with Gasteiger partial charge >= 0.3 is 14.2 Å². The molecule has 34 heavy (non-hydrogen) atoms. The molecule has 0 fully saturated rings. The molecular formula is C28H46B2O4. The molecule has 0 saturated carbocycles. The van der Waals surface area contributed by atoms with Crippen molar-refractivity contribution in [1.29, 1.82) is 0 Å². The highest BCUT2D eigenvalue weighted by Gasteiger charge is 2.10. The first-order valence-electron chi connectivity index (χ1n) is 13.4. The Balaban J connectivity index is 0.000000340. The van der Waals surface area contributed by atoms with Crippen LogP contribution in [0.4, 0.5) is 0 Å². The summed E-state index contributed by atoms with van der Waals surface area (Å²) in [6, 6.07) is 15.1. The Morgan fingerprint density at radius 1 is 0.441 bits per heavy atom. The van der Waals surface area contributed by atoms with Crippen molar-refractivity contribution in [2.75, 3.05) is 0 Å². The highest BCUT2D eigenvalue weighted by molar-refractivity contribution is 6.58. The van der Waals surface area contributed by atoms with E-state index in [4.69, 9.17) is 20.1 Å². The smallest absolute Gasteiger partial charge is 0.423 e. The molecule has 4 N–H and O–H groups in total. The lowest BCUT2D eigenvalue weighted by molar-refractivity contribution is 0.424. The maximum absolute atomic E-state index is 8.97. The summed E-state index contributed by atoms with van der Waals surface area (Å²) < 4.78 is 0. The molecule has 0 radical (unpaired) electrons. The molecule has 6 heteroatoms. The molecule has 0 aliphatic rings. The average Bonchev–Trinajstić information content (AvgIpc) is 2.84. The van der Waals surface area contributed by atoms with Gasteiger partial charge in [-0.15, -0.1) is 0 Å². The van der Waals surface area contributed by atoms with Gasteiger partial charge in [-0.2, -0.15) is 0 Å². The minimum absolute atomic E-state index is 0.566. The first-order chi connectivity index (χ1) is 16.5. The van der Waals surface area contributed by atoms with Gasteiger partial charge in [0.2, 0.25) is 0 Å². The van der Waals surface area contributed by atoms with Crippen LogP contribution < -0.4 is 10.9 Å². The molecule has 4 nitrogen and oxygen atoms in total. The van der Waals surface area contributed by atoms with Crippen molar-refractivity contribution in [1.82, 2.24) is 0 Å². The number of aryl methyl sites for hydroxylation is 2. The van der Waals surface area contributed by atoms with E-state index in [1.54, 1.807) is 24.3 Å². The summed E-state index contributed by atoms with van der Waals surface area (Å²) in [5.74, 6) is 0. The van der Waals surface area contributed by atoms with Crippen LogP contribution in [0.3, 0.4) is 0 Å². The largest absolute Gasteiger partial charge is 0.488 e. The lowest BCUT2D eigenvalue weighted by atomic mass is 9.80. The molecule has 0 aliphatic carbocycles. The minimum atomic E-state index is -1.35. The molecule has 0 bridgehead atoms. The lowest BCUT2D eigenvalue weighted by Gasteiger charge is -2.04. The van der Waals surface area contributed by atoms with Crippen molar-refractivity contribution >= 4 is 25.2 Å². The van der Waals surface area contributed by atoms with Crippen LogP contribution >= 0.6 is 0 Å². The second-order valence-electron chi connectivity index (χ2n) is 9.27. The van der Waals surface area contributed by atoms with E-state index in [1.165, 1.54) is 88.2 Å². The van der Waals surface area contributed by atoms with Crippen molar-refractivity contribution in [2.45, 2.75) is 104 Å². The summed E-state index contributed by atoms with van der Waals surface area (Å²) >= 11 is 0. The third-order valence-corrected chi connectivity index (χ3v) is 6.19. The van der Waals surface area contributed by atoms with Crippen LogP contribution in [0.25, 0.3) is 0 Å². The number of hydrogen-bond acceptors (Lipinski definition) is 4. The van der Waals surface area contributed by atoms with E-state index in [1.807, 2.05) is 24.3 Å². The van der Waals surface area contributed by atoms with E-state index < -0.39 is 14.2 Å². The fourth-order valence-electron chi connectivity index (χ4n) is 3.93. The maximum Gasteiger partial charge on any atom is 0.488 e. The number of benzene rings is 2. The second-order valence-corrected chi connectivity index (χ2v) is 9.27. The molecule has 0 unspecified atom stereocenters. The number of rotatable bonds is 16. The maximum atomic E-state index is 8.97. The topological polar surface area (TPSA) is 80.9 Å². The van der Waals surface area contributed by atoms with Crippen LogP contribution in [-0.4, -0.2) is 34.3 Å². The van der Waals surface area contributed by atoms with Gasteiger partial charge in [-0.3, -0.25) is 0 Å². The average molecular weight is 468 g/mol. The minimum Gasteiger partial charge on any atom is -0.423 e. The Labute approximate surface area is 208 Å². The van der Waals surface area contributed by atoms with Crippen molar-refractivity contribution in [2.24, 2.45) is 0 Å². The van der Waals surface area contributed by atoms with Crippen molar-refractivity contribution in [3.05, 3.63) is 59.7 Å². The molecule has 188 valence electrons. The summed E-state index contributed by atoms with van der Waals surface area (Å²) in [5.41, 5.74) is 3.70. The Morgan fingerprint density at radius 3 is 1.03 bits per heavy atom. The van der Waals surface area contributed by atoms with Gasteiger partial charge < -0.3 is 20.1 Å². The zero-order valence-electron chi connectivity index (χ0n) is 21.5. The predicted molar refractivity (Wildman–Crippen MR) is 147 cm³/mol. The Kier molecular flexibility index (Phi) is 17.6. The molecule has 0 amide bonds. The van der Waals surface area contributed by atoms with E-state index in [-0.39, 0.29) is 0 Å². The summed E-state index contributed by atoms with van der Waals surface area (Å²) in [4.78, 5) is 0. The highest BCUT2D eigenvalue weighted by Crippen LogP contribution is 2.10. The van der Waals surface area contributed by atoms with Crippen LogP contribution in [0.2, 0.25) is 0 Å². The van der Waals surface area contributed by atoms with Gasteiger partial charge in [0.15, 0.2) is 0 Å². The van der Waals surface area contributed by atoms with E-state index in [2.05, 4.69) is 13.8 Å². The number of unbranched alkanes of at least 4 members (excludes halogenated alkanes) is 10. The molecule has 0 aromatic heterocycles. The van der Waals surface area contributed by atoms with Crippen LogP contribution in [0.15, 0.2) is 48.5 Å². The van der Waals surface area contributed by atoms with E-state index in [0.29, 0.717) is 10.9 Å². The molecule has 2 rings (SSSR count). The third-order valence-electron chi connectivity index (χ3n) is 6.19. The first-order valence-corrected chi connectivity index (χ1v) is 13.4. The van der Waals surface area contributed by atoms with Crippen LogP contribution in [-0.2, 0) is 12.8 Å². The van der Waals surface area contributed by atoms with Gasteiger partial charge in [-0.05, 0) is 47.7 Å². The highest BCUT2D eigenvalue weighted by atomic mass is 16.4. The van der Waals surface area contributed by atoms with Gasteiger partial charge in [0.05, 0.1) is 0 Å². The van der Waals surface area contributed by atoms with Crippen LogP contribution in [0, 0.1) is 0 Å². The summed E-state index contributed by atoms with van der Waals surface area (Å²) in [6.07, 6.45) is 17.9. The van der Waals surface area contributed by atoms with Gasteiger partial charge in [0, 0.05) is 0 Å². The Bertz CT molecular complexity index is 655. The zero-order valence-corrected chi connectivity index (χ0v) is 21.5. The second kappa shape index (κ2) is 19.7. The monoisotopic (exact) mass is 468 g/mol. The van der Waals surface area contributed by atoms with Crippen LogP contribution in [0.5, 0.6) is 0 Å². The summed E-state index contributed by atoms with van der Waals surface area (Å²) in [5, 5.41) is 35.9. The molecule has 0 heterocycles. The molecule has 2 aromatic carbocycles. The summed E-state index contributed by atoms with van der Waals surface area (Å²) in [7, 11) is -2.70. The van der Waals surface area contributed by atoms with Gasteiger partial charge in [0.1, 0.15) is 0 Å². The van der Waals surface area contributed by atoms with E-state index >= 15 is 0 Å². The van der Waals surface area contributed by atoms with Crippen LogP contribution in [0.1, 0.15) is 102 Å². The molecule has 0 saturated heterocycles. The van der Waals surface area contributed by atoms with E-state index in [9.17, 15) is 0 Å². The zero-order chi connectivity index (χ0) is 25.0. The van der Waals surface area contributed by atoms with Gasteiger partial charge in [-0.25, -0.2) is 0 Å². The molecule has 0 aliphatic heterocycles. The van der Waals surface area contributed by atoms with Crippen molar-refractivity contribution in [3.63, 3.8) is 0 Å². The number of hydrogen-bond donors (Lipinski definition) is 4. The van der Waals surface area contributed by atoms with Gasteiger partial charge in [0.25, 0.3) is 0 Å². The van der Waals surface area contributed by atoms with Crippen molar-refractivity contribution in [3.8, 4) is 0 Å². The predicted octanol–water partition coefficient (Wildman–Crippen LogP) is 4.54. The third kappa shape index (κ3) is 14.6. The van der Waals surface area contributed by atoms with Crippen molar-refractivity contribution < 1.29 is 20.1 Å². The molecular weight excluding hydrogens is 422 g/mol. The fraction of sp³-hybridized carbons (Fsp3) is 0.571.